The number of hydrogen-bond acceptors (Lipinski definition) is 3. The van der Waals surface area contributed by atoms with Crippen molar-refractivity contribution >= 4 is 5.84 Å². The molecule has 110 valence electrons. The van der Waals surface area contributed by atoms with E-state index < -0.39 is 0 Å². The number of rotatable bonds is 4. The average molecular weight is 279 g/mol. The number of nitrogens with two attached hydrogens (primary N) is 1. The summed E-state index contributed by atoms with van der Waals surface area (Å²) in [6.07, 6.45) is 3.58. The van der Waals surface area contributed by atoms with Gasteiger partial charge in [-0.25, -0.2) is 4.39 Å². The van der Waals surface area contributed by atoms with E-state index in [-0.39, 0.29) is 17.2 Å². The normalized spacial score (nSPS) is 18.4. The number of oxime groups is 1. The summed E-state index contributed by atoms with van der Waals surface area (Å²) in [5.41, 5.74) is 6.24. The third kappa shape index (κ3) is 3.28. The molecular formula is C15H22FN3O. The fourth-order valence-corrected chi connectivity index (χ4v) is 2.75. The van der Waals surface area contributed by atoms with Crippen molar-refractivity contribution in [1.82, 2.24) is 4.90 Å². The number of benzene rings is 1. The number of likely N-dealkylation sites (tertiary alicyclic amines) is 1. The lowest BCUT2D eigenvalue weighted by Crippen LogP contribution is -2.33. The predicted molar refractivity (Wildman–Crippen MR) is 77.2 cm³/mol. The van der Waals surface area contributed by atoms with E-state index in [0.717, 1.165) is 19.0 Å². The van der Waals surface area contributed by atoms with Gasteiger partial charge in [-0.2, -0.15) is 0 Å². The van der Waals surface area contributed by atoms with Gasteiger partial charge in [-0.05, 0) is 37.9 Å². The lowest BCUT2D eigenvalue weighted by molar-refractivity contribution is 0.173. The van der Waals surface area contributed by atoms with Gasteiger partial charge >= 0.3 is 0 Å². The Kier molecular flexibility index (Phi) is 4.95. The maximum Gasteiger partial charge on any atom is 0.173 e. The van der Waals surface area contributed by atoms with E-state index in [1.807, 2.05) is 0 Å². The van der Waals surface area contributed by atoms with Crippen molar-refractivity contribution in [3.05, 3.63) is 35.1 Å². The summed E-state index contributed by atoms with van der Waals surface area (Å²) in [5.74, 6) is 0.231. The molecule has 1 saturated heterocycles. The summed E-state index contributed by atoms with van der Waals surface area (Å²) < 4.78 is 14.3. The molecule has 0 saturated carbocycles. The Morgan fingerprint density at radius 1 is 1.45 bits per heavy atom. The maximum absolute atomic E-state index is 14.3. The van der Waals surface area contributed by atoms with Crippen LogP contribution in [0.4, 0.5) is 4.39 Å². The van der Waals surface area contributed by atoms with Crippen LogP contribution in [-0.2, 0) is 6.54 Å². The molecule has 1 aliphatic rings. The van der Waals surface area contributed by atoms with Crippen molar-refractivity contribution in [2.75, 3.05) is 13.1 Å². The minimum absolute atomic E-state index is 0.161. The smallest absolute Gasteiger partial charge is 0.173 e. The van der Waals surface area contributed by atoms with E-state index in [2.05, 4.69) is 17.0 Å². The zero-order valence-electron chi connectivity index (χ0n) is 11.8. The van der Waals surface area contributed by atoms with Gasteiger partial charge in [0, 0.05) is 12.1 Å². The van der Waals surface area contributed by atoms with Gasteiger partial charge < -0.3 is 10.9 Å². The molecule has 1 aromatic carbocycles. The van der Waals surface area contributed by atoms with Crippen LogP contribution in [0.3, 0.4) is 0 Å². The molecular weight excluding hydrogens is 257 g/mol. The molecule has 0 bridgehead atoms. The van der Waals surface area contributed by atoms with Crippen LogP contribution in [0.15, 0.2) is 23.4 Å². The van der Waals surface area contributed by atoms with Crippen molar-refractivity contribution in [3.8, 4) is 0 Å². The van der Waals surface area contributed by atoms with Crippen LogP contribution in [0.1, 0.15) is 37.3 Å². The van der Waals surface area contributed by atoms with Gasteiger partial charge in [0.25, 0.3) is 0 Å². The van der Waals surface area contributed by atoms with Gasteiger partial charge in [-0.15, -0.1) is 0 Å². The molecule has 1 fully saturated rings. The van der Waals surface area contributed by atoms with Gasteiger partial charge in [0.05, 0.1) is 5.56 Å². The maximum atomic E-state index is 14.3. The lowest BCUT2D eigenvalue weighted by Gasteiger charge is -2.31. The van der Waals surface area contributed by atoms with Crippen LogP contribution in [0, 0.1) is 11.7 Å². The fraction of sp³-hybridized carbons (Fsp3) is 0.533. The Morgan fingerprint density at radius 3 is 2.75 bits per heavy atom. The zero-order valence-corrected chi connectivity index (χ0v) is 11.8. The molecule has 0 radical (unpaired) electrons. The second-order valence-electron chi connectivity index (χ2n) is 5.39. The molecule has 0 unspecified atom stereocenters. The van der Waals surface area contributed by atoms with Crippen LogP contribution in [0.2, 0.25) is 0 Å². The van der Waals surface area contributed by atoms with Crippen LogP contribution in [0.5, 0.6) is 0 Å². The van der Waals surface area contributed by atoms with Crippen LogP contribution in [0.25, 0.3) is 0 Å². The Balaban J connectivity index is 2.07. The highest BCUT2D eigenvalue weighted by Crippen LogP contribution is 2.22. The largest absolute Gasteiger partial charge is 0.409 e. The molecule has 4 nitrogen and oxygen atoms in total. The van der Waals surface area contributed by atoms with E-state index >= 15 is 0 Å². The summed E-state index contributed by atoms with van der Waals surface area (Å²) in [6.45, 7) is 4.81. The van der Waals surface area contributed by atoms with Crippen LogP contribution in [-0.4, -0.2) is 29.0 Å². The van der Waals surface area contributed by atoms with Crippen molar-refractivity contribution in [2.24, 2.45) is 16.8 Å². The first-order valence-corrected chi connectivity index (χ1v) is 7.13. The average Bonchev–Trinajstić information content (AvgIpc) is 2.49. The number of hydrogen-bond donors (Lipinski definition) is 2. The summed E-state index contributed by atoms with van der Waals surface area (Å²) in [6, 6.07) is 5.02. The third-order valence-electron chi connectivity index (χ3n) is 4.14. The van der Waals surface area contributed by atoms with Gasteiger partial charge in [-0.3, -0.25) is 4.90 Å². The van der Waals surface area contributed by atoms with Crippen LogP contribution < -0.4 is 5.73 Å². The Labute approximate surface area is 119 Å². The van der Waals surface area contributed by atoms with E-state index in [0.29, 0.717) is 12.1 Å². The molecule has 0 aliphatic carbocycles. The fourth-order valence-electron chi connectivity index (χ4n) is 2.75. The van der Waals surface area contributed by atoms with Crippen LogP contribution >= 0.6 is 0 Å². The highest BCUT2D eigenvalue weighted by Gasteiger charge is 2.19. The van der Waals surface area contributed by atoms with Crippen molar-refractivity contribution < 1.29 is 9.60 Å². The second-order valence-corrected chi connectivity index (χ2v) is 5.39. The molecule has 1 heterocycles. The minimum atomic E-state index is -0.389. The minimum Gasteiger partial charge on any atom is -0.409 e. The standard InChI is InChI=1S/C15H22FN3O/c1-2-11-6-8-19(9-7-11)10-12-4-3-5-13(14(12)16)15(17)18-20/h3-5,11,20H,2,6-10H2,1H3,(H2,17,18). The van der Waals surface area contributed by atoms with Gasteiger partial charge in [0.15, 0.2) is 5.84 Å². The zero-order chi connectivity index (χ0) is 14.5. The number of halogens is 1. The van der Waals surface area contributed by atoms with Crippen molar-refractivity contribution in [3.63, 3.8) is 0 Å². The molecule has 0 amide bonds. The van der Waals surface area contributed by atoms with Gasteiger partial charge in [0.1, 0.15) is 5.82 Å². The van der Waals surface area contributed by atoms with E-state index in [1.54, 1.807) is 12.1 Å². The van der Waals surface area contributed by atoms with Crippen molar-refractivity contribution in [1.29, 1.82) is 0 Å². The lowest BCUT2D eigenvalue weighted by atomic mass is 9.94. The Hall–Kier alpha value is -1.62. The van der Waals surface area contributed by atoms with E-state index in [4.69, 9.17) is 10.9 Å². The Bertz CT molecular complexity index is 482. The van der Waals surface area contributed by atoms with Gasteiger partial charge in [-0.1, -0.05) is 30.6 Å². The molecule has 1 aliphatic heterocycles. The molecule has 2 rings (SSSR count). The summed E-state index contributed by atoms with van der Waals surface area (Å²) >= 11 is 0. The summed E-state index contributed by atoms with van der Waals surface area (Å²) in [4.78, 5) is 2.26. The molecule has 20 heavy (non-hydrogen) atoms. The molecule has 0 atom stereocenters. The SMILES string of the molecule is CCC1CCN(Cc2cccc(/C(N)=N/O)c2F)CC1. The first kappa shape index (κ1) is 14.8. The molecule has 0 spiro atoms. The molecule has 0 aromatic heterocycles. The van der Waals surface area contributed by atoms with E-state index in [1.165, 1.54) is 25.3 Å². The predicted octanol–water partition coefficient (Wildman–Crippen LogP) is 2.54. The third-order valence-corrected chi connectivity index (χ3v) is 4.14. The van der Waals surface area contributed by atoms with Crippen molar-refractivity contribution in [2.45, 2.75) is 32.7 Å². The number of nitrogens with zero attached hydrogens (tertiary/aromatic N) is 2. The van der Waals surface area contributed by atoms with E-state index in [9.17, 15) is 4.39 Å². The second kappa shape index (κ2) is 6.70. The molecule has 3 N–H and O–H groups in total. The monoisotopic (exact) mass is 279 g/mol. The molecule has 5 heteroatoms. The first-order valence-electron chi connectivity index (χ1n) is 7.13. The summed E-state index contributed by atoms with van der Waals surface area (Å²) in [5, 5.41) is 11.5. The first-order chi connectivity index (χ1) is 9.65. The highest BCUT2D eigenvalue weighted by atomic mass is 19.1. The summed E-state index contributed by atoms with van der Waals surface area (Å²) in [7, 11) is 0. The molecule has 1 aromatic rings. The van der Waals surface area contributed by atoms with Gasteiger partial charge in [0.2, 0.25) is 0 Å². The number of amidine groups is 1. The topological polar surface area (TPSA) is 61.8 Å². The number of piperidine rings is 1. The quantitative estimate of drug-likeness (QED) is 0.385. The highest BCUT2D eigenvalue weighted by molar-refractivity contribution is 5.97. The Morgan fingerprint density at radius 2 is 2.15 bits per heavy atom.